The molecule has 0 aromatic rings. The summed E-state index contributed by atoms with van der Waals surface area (Å²) < 4.78 is 0. The third-order valence-electron chi connectivity index (χ3n) is 4.89. The number of β-amino-alcohol motifs (C(OH)–C–C–N with tert-alkyl or cyclic N) is 1. The molecule has 29 heavy (non-hydrogen) atoms. The summed E-state index contributed by atoms with van der Waals surface area (Å²) in [5.41, 5.74) is 3.44. The highest BCUT2D eigenvalue weighted by Gasteiger charge is 2.29. The van der Waals surface area contributed by atoms with Gasteiger partial charge in [-0.25, -0.2) is 0 Å². The molecule has 0 fully saturated rings. The van der Waals surface area contributed by atoms with Crippen LogP contribution in [0.2, 0.25) is 0 Å². The van der Waals surface area contributed by atoms with Gasteiger partial charge in [0, 0.05) is 38.3 Å². The molecule has 0 bridgehead atoms. The summed E-state index contributed by atoms with van der Waals surface area (Å²) in [4.78, 5) is 16.5. The highest BCUT2D eigenvalue weighted by atomic mass is 16.3. The molecular formula is C25H32N2O2. The lowest BCUT2D eigenvalue weighted by Crippen LogP contribution is -2.42. The zero-order valence-corrected chi connectivity index (χ0v) is 17.4. The minimum absolute atomic E-state index is 0.0910. The average molecular weight is 393 g/mol. The Labute approximate surface area is 174 Å². The van der Waals surface area contributed by atoms with Crippen molar-refractivity contribution in [3.8, 4) is 0 Å². The number of aliphatic hydroxyl groups is 1. The lowest BCUT2D eigenvalue weighted by Gasteiger charge is -2.28. The molecule has 2 rings (SSSR count). The van der Waals surface area contributed by atoms with E-state index in [2.05, 4.69) is 50.3 Å². The lowest BCUT2D eigenvalue weighted by atomic mass is 10.1. The molecule has 0 radical (unpaired) electrons. The van der Waals surface area contributed by atoms with Gasteiger partial charge in [-0.2, -0.15) is 0 Å². The lowest BCUT2D eigenvalue weighted by molar-refractivity contribution is -0.126. The molecule has 0 aromatic carbocycles. The van der Waals surface area contributed by atoms with Gasteiger partial charge in [-0.1, -0.05) is 75.8 Å². The first kappa shape index (κ1) is 22.6. The average Bonchev–Trinajstić information content (AvgIpc) is 2.97. The van der Waals surface area contributed by atoms with E-state index in [1.807, 2.05) is 12.2 Å². The van der Waals surface area contributed by atoms with Crippen LogP contribution in [0.4, 0.5) is 0 Å². The van der Waals surface area contributed by atoms with E-state index in [0.29, 0.717) is 37.7 Å². The van der Waals surface area contributed by atoms with Crippen molar-refractivity contribution >= 4 is 5.91 Å². The van der Waals surface area contributed by atoms with Gasteiger partial charge in [-0.05, 0) is 28.7 Å². The molecular weight excluding hydrogens is 360 g/mol. The second-order valence-electron chi connectivity index (χ2n) is 7.64. The van der Waals surface area contributed by atoms with Gasteiger partial charge in [0.05, 0.1) is 6.10 Å². The molecule has 154 valence electrons. The van der Waals surface area contributed by atoms with Crippen molar-refractivity contribution in [3.05, 3.63) is 97.2 Å². The number of amides is 1. The maximum Gasteiger partial charge on any atom is 0.254 e. The molecule has 0 spiro atoms. The van der Waals surface area contributed by atoms with E-state index < -0.39 is 6.10 Å². The van der Waals surface area contributed by atoms with E-state index in [-0.39, 0.29) is 12.5 Å². The SMILES string of the molecule is C=C/C=C\C1=C(C=C)CN(C[C@@H](O)CN2CC(=C)/C=C\C(C)/C=C\C(=C)C2)C1=O. The monoisotopic (exact) mass is 392 g/mol. The van der Waals surface area contributed by atoms with Crippen molar-refractivity contribution in [3.63, 3.8) is 0 Å². The molecule has 0 saturated heterocycles. The van der Waals surface area contributed by atoms with Gasteiger partial charge >= 0.3 is 0 Å². The molecule has 2 aliphatic rings. The summed E-state index contributed by atoms with van der Waals surface area (Å²) >= 11 is 0. The van der Waals surface area contributed by atoms with E-state index in [1.54, 1.807) is 29.2 Å². The predicted octanol–water partition coefficient (Wildman–Crippen LogP) is 3.59. The molecule has 0 saturated carbocycles. The van der Waals surface area contributed by atoms with Gasteiger partial charge < -0.3 is 10.0 Å². The van der Waals surface area contributed by atoms with Gasteiger partial charge in [-0.3, -0.25) is 9.69 Å². The molecule has 0 aromatic heterocycles. The summed E-state index contributed by atoms with van der Waals surface area (Å²) in [6.45, 7) is 20.2. The molecule has 0 unspecified atom stereocenters. The zero-order valence-electron chi connectivity index (χ0n) is 17.4. The second kappa shape index (κ2) is 10.7. The van der Waals surface area contributed by atoms with Crippen molar-refractivity contribution in [1.82, 2.24) is 9.80 Å². The number of hydrogen-bond donors (Lipinski definition) is 1. The summed E-state index contributed by atoms with van der Waals surface area (Å²) in [6, 6.07) is 0. The molecule has 4 nitrogen and oxygen atoms in total. The van der Waals surface area contributed by atoms with Crippen LogP contribution in [0.1, 0.15) is 6.92 Å². The maximum atomic E-state index is 12.7. The fourth-order valence-electron chi connectivity index (χ4n) is 3.45. The summed E-state index contributed by atoms with van der Waals surface area (Å²) in [5, 5.41) is 10.7. The van der Waals surface area contributed by atoms with Gasteiger partial charge in [0.1, 0.15) is 0 Å². The summed E-state index contributed by atoms with van der Waals surface area (Å²) in [5.74, 6) is 0.240. The van der Waals surface area contributed by atoms with Crippen LogP contribution in [0.3, 0.4) is 0 Å². The fourth-order valence-corrected chi connectivity index (χ4v) is 3.45. The second-order valence-corrected chi connectivity index (χ2v) is 7.64. The Balaban J connectivity index is 2.01. The largest absolute Gasteiger partial charge is 0.390 e. The van der Waals surface area contributed by atoms with Crippen LogP contribution in [0.25, 0.3) is 0 Å². The van der Waals surface area contributed by atoms with Crippen LogP contribution in [-0.2, 0) is 4.79 Å². The fraction of sp³-hybridized carbons (Fsp3) is 0.320. The normalized spacial score (nSPS) is 23.0. The van der Waals surface area contributed by atoms with E-state index in [0.717, 1.165) is 16.7 Å². The number of hydrogen-bond acceptors (Lipinski definition) is 3. The van der Waals surface area contributed by atoms with Gasteiger partial charge in [0.25, 0.3) is 5.91 Å². The van der Waals surface area contributed by atoms with Crippen LogP contribution in [0, 0.1) is 5.92 Å². The molecule has 1 amide bonds. The van der Waals surface area contributed by atoms with Crippen molar-refractivity contribution in [2.75, 3.05) is 32.7 Å². The number of carbonyl (C=O) groups is 1. The van der Waals surface area contributed by atoms with Gasteiger partial charge in [0.2, 0.25) is 0 Å². The standard InChI is InChI=1S/C25H32N2O2/c1-6-8-9-24-22(7-2)16-27(25(24)29)18-23(28)17-26-14-20(4)12-10-19(3)11-13-21(5)15-26/h6-13,19,23,28H,1-2,4-5,14-18H2,3H3/b9-8-,12-10-,13-11-/t23-/m0/s1. The van der Waals surface area contributed by atoms with Crippen LogP contribution < -0.4 is 0 Å². The smallest absolute Gasteiger partial charge is 0.254 e. The minimum atomic E-state index is -0.678. The third kappa shape index (κ3) is 6.70. The van der Waals surface area contributed by atoms with E-state index in [9.17, 15) is 9.90 Å². The maximum absolute atomic E-state index is 12.7. The van der Waals surface area contributed by atoms with Crippen LogP contribution in [0.15, 0.2) is 97.2 Å². The van der Waals surface area contributed by atoms with Gasteiger partial charge in [-0.15, -0.1) is 0 Å². The predicted molar refractivity (Wildman–Crippen MR) is 121 cm³/mol. The van der Waals surface area contributed by atoms with E-state index in [4.69, 9.17) is 0 Å². The first-order valence-electron chi connectivity index (χ1n) is 9.90. The quantitative estimate of drug-likeness (QED) is 0.674. The molecule has 1 atom stereocenters. The molecule has 2 aliphatic heterocycles. The van der Waals surface area contributed by atoms with E-state index in [1.165, 1.54) is 0 Å². The Morgan fingerprint density at radius 2 is 1.76 bits per heavy atom. The highest BCUT2D eigenvalue weighted by molar-refractivity contribution is 6.00. The third-order valence-corrected chi connectivity index (χ3v) is 4.89. The number of rotatable bonds is 7. The van der Waals surface area contributed by atoms with Crippen molar-refractivity contribution < 1.29 is 9.90 Å². The zero-order chi connectivity index (χ0) is 21.4. The first-order valence-corrected chi connectivity index (χ1v) is 9.90. The molecule has 0 aliphatic carbocycles. The molecule has 1 N–H and O–H groups in total. The van der Waals surface area contributed by atoms with E-state index >= 15 is 0 Å². The highest BCUT2D eigenvalue weighted by Crippen LogP contribution is 2.22. The Bertz CT molecular complexity index is 770. The Hall–Kier alpha value is -2.69. The van der Waals surface area contributed by atoms with Crippen molar-refractivity contribution in [2.24, 2.45) is 5.92 Å². The van der Waals surface area contributed by atoms with Gasteiger partial charge in [0.15, 0.2) is 0 Å². The van der Waals surface area contributed by atoms with Crippen LogP contribution in [0.5, 0.6) is 0 Å². The summed E-state index contributed by atoms with van der Waals surface area (Å²) in [7, 11) is 0. The number of carbonyl (C=O) groups excluding carboxylic acids is 1. The number of nitrogens with zero attached hydrogens (tertiary/aromatic N) is 2. The topological polar surface area (TPSA) is 43.8 Å². The van der Waals surface area contributed by atoms with Crippen LogP contribution >= 0.6 is 0 Å². The van der Waals surface area contributed by atoms with Crippen molar-refractivity contribution in [2.45, 2.75) is 13.0 Å². The van der Waals surface area contributed by atoms with Crippen LogP contribution in [-0.4, -0.2) is 59.6 Å². The minimum Gasteiger partial charge on any atom is -0.390 e. The Morgan fingerprint density at radius 3 is 2.31 bits per heavy atom. The van der Waals surface area contributed by atoms with Crippen molar-refractivity contribution in [1.29, 1.82) is 0 Å². The number of allylic oxidation sites excluding steroid dienone is 4. The molecule has 2 heterocycles. The molecule has 4 heteroatoms. The first-order chi connectivity index (χ1) is 13.8. The number of aliphatic hydroxyl groups excluding tert-OH is 1. The summed E-state index contributed by atoms with van der Waals surface area (Å²) in [6.07, 6.45) is 14.4. The Morgan fingerprint density at radius 1 is 1.14 bits per heavy atom. The Kier molecular flexibility index (Phi) is 8.37.